The Morgan fingerprint density at radius 3 is 1.50 bits per heavy atom. The van der Waals surface area contributed by atoms with Crippen molar-refractivity contribution in [3.05, 3.63) is 34.4 Å². The molecule has 0 atom stereocenters. The Labute approximate surface area is 100 Å². The van der Waals surface area contributed by atoms with E-state index in [4.69, 9.17) is 0 Å². The average molecular weight is 246 g/mol. The monoisotopic (exact) mass is 246 g/mol. The Hall–Kier alpha value is -2.50. The number of carbonyl (C=O) groups is 4. The highest BCUT2D eigenvalue weighted by molar-refractivity contribution is 6.07. The van der Waals surface area contributed by atoms with E-state index < -0.39 is 23.9 Å². The Kier molecular flexibility index (Phi) is 2.07. The molecule has 0 aliphatic carbocycles. The van der Waals surface area contributed by atoms with Crippen molar-refractivity contribution in [2.45, 2.75) is 12.8 Å². The lowest BCUT2D eigenvalue weighted by atomic mass is 9.92. The van der Waals surface area contributed by atoms with Crippen LogP contribution in [0.2, 0.25) is 0 Å². The molecule has 0 fully saturated rings. The van der Waals surface area contributed by atoms with Crippen LogP contribution in [-0.2, 0) is 31.9 Å². The molecule has 2 aliphatic rings. The summed E-state index contributed by atoms with van der Waals surface area (Å²) < 4.78 is 8.96. The van der Waals surface area contributed by atoms with Crippen LogP contribution in [0.3, 0.4) is 0 Å². The number of carbonyl (C=O) groups excluding carboxylic acids is 4. The summed E-state index contributed by atoms with van der Waals surface area (Å²) in [4.78, 5) is 45.3. The Morgan fingerprint density at radius 1 is 0.722 bits per heavy atom. The first kappa shape index (κ1) is 10.6. The number of benzene rings is 1. The molecule has 0 radical (unpaired) electrons. The first-order valence-electron chi connectivity index (χ1n) is 5.20. The van der Waals surface area contributed by atoms with Crippen molar-refractivity contribution in [3.8, 4) is 0 Å². The van der Waals surface area contributed by atoms with Gasteiger partial charge in [-0.05, 0) is 23.3 Å². The summed E-state index contributed by atoms with van der Waals surface area (Å²) >= 11 is 0. The fraction of sp³-hybridized carbons (Fsp3) is 0.167. The molecule has 3 rings (SSSR count). The van der Waals surface area contributed by atoms with E-state index in [0.717, 1.165) is 0 Å². The molecule has 1 aromatic carbocycles. The van der Waals surface area contributed by atoms with Crippen LogP contribution in [0.15, 0.2) is 12.1 Å². The van der Waals surface area contributed by atoms with Gasteiger partial charge in [0.15, 0.2) is 0 Å². The van der Waals surface area contributed by atoms with Gasteiger partial charge in [-0.1, -0.05) is 0 Å². The van der Waals surface area contributed by atoms with E-state index >= 15 is 0 Å². The zero-order valence-electron chi connectivity index (χ0n) is 9.02. The van der Waals surface area contributed by atoms with Crippen LogP contribution in [0.25, 0.3) is 0 Å². The normalized spacial score (nSPS) is 17.8. The second-order valence-electron chi connectivity index (χ2n) is 4.04. The highest BCUT2D eigenvalue weighted by atomic mass is 16.6. The number of hydrogen-bond acceptors (Lipinski definition) is 6. The molecule has 0 saturated heterocycles. The topological polar surface area (TPSA) is 86.7 Å². The third kappa shape index (κ3) is 1.50. The maximum absolute atomic E-state index is 11.5. The summed E-state index contributed by atoms with van der Waals surface area (Å²) in [7, 11) is 0. The van der Waals surface area contributed by atoms with Crippen molar-refractivity contribution < 1.29 is 28.7 Å². The van der Waals surface area contributed by atoms with Crippen molar-refractivity contribution in [2.75, 3.05) is 0 Å². The Balaban J connectivity index is 2.18. The van der Waals surface area contributed by atoms with Crippen LogP contribution in [0, 0.1) is 0 Å². The van der Waals surface area contributed by atoms with Gasteiger partial charge in [0.2, 0.25) is 0 Å². The highest BCUT2D eigenvalue weighted by Crippen LogP contribution is 2.26. The van der Waals surface area contributed by atoms with Crippen LogP contribution < -0.4 is 0 Å². The van der Waals surface area contributed by atoms with Gasteiger partial charge in [-0.2, -0.15) is 0 Å². The zero-order valence-corrected chi connectivity index (χ0v) is 9.02. The standard InChI is InChI=1S/C12H6O6/c13-9-3-5-1-7-6(2-8(5)12(16)18-9)4-10(14)17-11(7)15/h1-2H,3-4H2. The summed E-state index contributed by atoms with van der Waals surface area (Å²) in [5.41, 5.74) is 1.27. The molecule has 0 saturated carbocycles. The molecule has 18 heavy (non-hydrogen) atoms. The van der Waals surface area contributed by atoms with Gasteiger partial charge in [0.05, 0.1) is 24.0 Å². The summed E-state index contributed by atoms with van der Waals surface area (Å²) in [6.07, 6.45) is -0.148. The van der Waals surface area contributed by atoms with Gasteiger partial charge < -0.3 is 9.47 Å². The van der Waals surface area contributed by atoms with Gasteiger partial charge in [-0.15, -0.1) is 0 Å². The molecule has 6 heteroatoms. The lowest BCUT2D eigenvalue weighted by Crippen LogP contribution is -2.27. The number of rotatable bonds is 0. The van der Waals surface area contributed by atoms with Gasteiger partial charge in [-0.3, -0.25) is 9.59 Å². The van der Waals surface area contributed by atoms with Crippen molar-refractivity contribution in [3.63, 3.8) is 0 Å². The minimum Gasteiger partial charge on any atom is -0.389 e. The van der Waals surface area contributed by atoms with Gasteiger partial charge in [0.1, 0.15) is 0 Å². The van der Waals surface area contributed by atoms with E-state index in [1.807, 2.05) is 0 Å². The molecule has 1 aromatic rings. The summed E-state index contributed by atoms with van der Waals surface area (Å²) in [5, 5.41) is 0. The van der Waals surface area contributed by atoms with Crippen molar-refractivity contribution in [2.24, 2.45) is 0 Å². The van der Waals surface area contributed by atoms with Crippen LogP contribution in [-0.4, -0.2) is 23.9 Å². The van der Waals surface area contributed by atoms with Crippen molar-refractivity contribution >= 4 is 23.9 Å². The van der Waals surface area contributed by atoms with E-state index in [2.05, 4.69) is 9.47 Å². The zero-order chi connectivity index (χ0) is 12.9. The number of esters is 4. The lowest BCUT2D eigenvalue weighted by Gasteiger charge is -2.19. The smallest absolute Gasteiger partial charge is 0.346 e. The predicted molar refractivity (Wildman–Crippen MR) is 54.7 cm³/mol. The second-order valence-corrected chi connectivity index (χ2v) is 4.04. The van der Waals surface area contributed by atoms with E-state index in [-0.39, 0.29) is 24.0 Å². The maximum atomic E-state index is 11.5. The van der Waals surface area contributed by atoms with Crippen LogP contribution in [0.5, 0.6) is 0 Å². The molecule has 0 aromatic heterocycles. The summed E-state index contributed by atoms with van der Waals surface area (Å²) in [6, 6.07) is 2.83. The molecule has 0 amide bonds. The number of fused-ring (bicyclic) bond motifs is 2. The van der Waals surface area contributed by atoms with Gasteiger partial charge in [-0.25, -0.2) is 9.59 Å². The third-order valence-electron chi connectivity index (χ3n) is 2.85. The molecule has 2 aliphatic heterocycles. The third-order valence-corrected chi connectivity index (χ3v) is 2.85. The van der Waals surface area contributed by atoms with Crippen LogP contribution in [0.4, 0.5) is 0 Å². The molecule has 2 heterocycles. The Bertz CT molecular complexity index is 572. The van der Waals surface area contributed by atoms with Gasteiger partial charge in [0, 0.05) is 0 Å². The summed E-state index contributed by atoms with van der Waals surface area (Å²) in [5.74, 6) is -2.83. The highest BCUT2D eigenvalue weighted by Gasteiger charge is 2.31. The fourth-order valence-corrected chi connectivity index (χ4v) is 2.06. The van der Waals surface area contributed by atoms with Crippen molar-refractivity contribution in [1.82, 2.24) is 0 Å². The SMILES string of the molecule is O=C1Cc2cc3c(cc2C(=O)O1)CC(=O)OC3=O. The molecule has 6 nitrogen and oxygen atoms in total. The van der Waals surface area contributed by atoms with E-state index in [9.17, 15) is 19.2 Å². The van der Waals surface area contributed by atoms with Crippen molar-refractivity contribution in [1.29, 1.82) is 0 Å². The summed E-state index contributed by atoms with van der Waals surface area (Å²) in [6.45, 7) is 0. The minimum atomic E-state index is -0.754. The second kappa shape index (κ2) is 3.49. The lowest BCUT2D eigenvalue weighted by molar-refractivity contribution is -0.139. The van der Waals surface area contributed by atoms with E-state index in [0.29, 0.717) is 11.1 Å². The molecule has 0 bridgehead atoms. The molecular formula is C12H6O6. The first-order chi connectivity index (χ1) is 8.54. The van der Waals surface area contributed by atoms with Gasteiger partial charge in [0.25, 0.3) is 0 Å². The largest absolute Gasteiger partial charge is 0.389 e. The number of ether oxygens (including phenoxy) is 2. The number of hydrogen-bond donors (Lipinski definition) is 0. The predicted octanol–water partition coefficient (Wildman–Crippen LogP) is 0.166. The molecule has 0 unspecified atom stereocenters. The minimum absolute atomic E-state index is 0.0738. The Morgan fingerprint density at radius 2 is 1.11 bits per heavy atom. The fourth-order valence-electron chi connectivity index (χ4n) is 2.06. The molecule has 0 N–H and O–H groups in total. The van der Waals surface area contributed by atoms with Gasteiger partial charge >= 0.3 is 23.9 Å². The number of cyclic esters (lactones) is 4. The van der Waals surface area contributed by atoms with Crippen LogP contribution >= 0.6 is 0 Å². The van der Waals surface area contributed by atoms with Crippen LogP contribution in [0.1, 0.15) is 31.8 Å². The quantitative estimate of drug-likeness (QED) is 0.479. The molecule has 0 spiro atoms. The van der Waals surface area contributed by atoms with E-state index in [1.165, 1.54) is 12.1 Å². The molecule has 90 valence electrons. The average Bonchev–Trinajstić information content (AvgIpc) is 2.27. The van der Waals surface area contributed by atoms with E-state index in [1.54, 1.807) is 0 Å². The molecular weight excluding hydrogens is 240 g/mol. The maximum Gasteiger partial charge on any atom is 0.346 e. The first-order valence-corrected chi connectivity index (χ1v) is 5.20.